The molecular weight excluding hydrogens is 488 g/mol. The zero-order valence-electron chi connectivity index (χ0n) is 20.6. The summed E-state index contributed by atoms with van der Waals surface area (Å²) in [6.45, 7) is 5.27. The van der Waals surface area contributed by atoms with E-state index in [0.29, 0.717) is 28.8 Å². The minimum Gasteiger partial charge on any atom is -0.381 e. The van der Waals surface area contributed by atoms with Gasteiger partial charge in [-0.1, -0.05) is 23.8 Å². The summed E-state index contributed by atoms with van der Waals surface area (Å²) < 4.78 is 35.2. The number of aryl methyl sites for hydroxylation is 2. The summed E-state index contributed by atoms with van der Waals surface area (Å²) in [6, 6.07) is 18.2. The summed E-state index contributed by atoms with van der Waals surface area (Å²) in [5, 5.41) is 13.0. The molecule has 1 radical (unpaired) electrons. The molecule has 5 aromatic rings. The zero-order chi connectivity index (χ0) is 25.6. The van der Waals surface area contributed by atoms with Gasteiger partial charge in [0.1, 0.15) is 0 Å². The van der Waals surface area contributed by atoms with Crippen LogP contribution in [0.25, 0.3) is 16.6 Å². The number of ether oxygens (including phenoxy) is 1. The second-order valence-electron chi connectivity index (χ2n) is 9.38. The van der Waals surface area contributed by atoms with Crippen molar-refractivity contribution in [2.45, 2.75) is 31.6 Å². The summed E-state index contributed by atoms with van der Waals surface area (Å²) >= 11 is 0. The highest BCUT2D eigenvalue weighted by Gasteiger charge is 2.22. The van der Waals surface area contributed by atoms with Gasteiger partial charge in [-0.15, -0.1) is 5.10 Å². The molecule has 9 nitrogen and oxygen atoms in total. The molecule has 2 aromatic carbocycles. The van der Waals surface area contributed by atoms with Crippen molar-refractivity contribution in [1.29, 1.82) is 0 Å². The molecule has 6 rings (SSSR count). The summed E-state index contributed by atoms with van der Waals surface area (Å²) in [5.41, 5.74) is 4.49. The predicted molar refractivity (Wildman–Crippen MR) is 141 cm³/mol. The Labute approximate surface area is 215 Å². The van der Waals surface area contributed by atoms with Crippen molar-refractivity contribution in [1.82, 2.24) is 23.8 Å². The van der Waals surface area contributed by atoms with Gasteiger partial charge in [-0.3, -0.25) is 0 Å². The number of nitrogens with one attached hydrogen (secondary N) is 1. The maximum Gasteiger partial charge on any atom is 0.283 e. The zero-order valence-corrected chi connectivity index (χ0v) is 21.4. The van der Waals surface area contributed by atoms with Gasteiger partial charge in [-0.25, -0.2) is 4.52 Å². The summed E-state index contributed by atoms with van der Waals surface area (Å²) in [5.74, 6) is 0.873. The van der Waals surface area contributed by atoms with E-state index >= 15 is 0 Å². The maximum atomic E-state index is 13.4. The van der Waals surface area contributed by atoms with Crippen molar-refractivity contribution in [3.05, 3.63) is 84.0 Å². The molecule has 37 heavy (non-hydrogen) atoms. The molecule has 0 saturated carbocycles. The molecule has 4 heterocycles. The van der Waals surface area contributed by atoms with E-state index in [2.05, 4.69) is 26.9 Å². The van der Waals surface area contributed by atoms with Crippen LogP contribution in [0, 0.1) is 26.2 Å². The van der Waals surface area contributed by atoms with Crippen LogP contribution in [-0.2, 0) is 14.8 Å². The van der Waals surface area contributed by atoms with Crippen LogP contribution in [0.3, 0.4) is 0 Å². The molecule has 3 aromatic heterocycles. The van der Waals surface area contributed by atoms with Crippen LogP contribution in [0.2, 0.25) is 0 Å². The van der Waals surface area contributed by atoms with Gasteiger partial charge in [0.25, 0.3) is 10.0 Å². The molecule has 1 saturated heterocycles. The number of hydrogen-bond donors (Lipinski definition) is 1. The molecule has 1 N–H and O–H groups in total. The second-order valence-corrected chi connectivity index (χ2v) is 11.1. The predicted octanol–water partition coefficient (Wildman–Crippen LogP) is 4.66. The standard InChI is InChI=1S/C27H27N6O3S/c1-18-6-9-23(10-7-18)37(34,35)33-25-17-21(8-11-24(25)19(2)30-33)28-27-29-26-5-3-4-22(32(26)31-27)16-20-12-14-36-15-13-20/h3-11,16-17,20H,12-15H2,1-2H3,(H,28,31). The number of aromatic nitrogens is 5. The van der Waals surface area contributed by atoms with Crippen LogP contribution in [0.4, 0.5) is 11.6 Å². The molecule has 0 amide bonds. The van der Waals surface area contributed by atoms with E-state index in [4.69, 9.17) is 4.74 Å². The smallest absolute Gasteiger partial charge is 0.283 e. The van der Waals surface area contributed by atoms with Crippen LogP contribution in [-0.4, -0.2) is 45.4 Å². The molecule has 0 unspecified atom stereocenters. The Kier molecular flexibility index (Phi) is 5.92. The van der Waals surface area contributed by atoms with E-state index in [9.17, 15) is 8.42 Å². The molecular formula is C27H27N6O3S. The number of pyridine rings is 1. The molecule has 0 bridgehead atoms. The van der Waals surface area contributed by atoms with Crippen LogP contribution in [0.15, 0.2) is 65.6 Å². The Morgan fingerprint density at radius 3 is 2.57 bits per heavy atom. The molecule has 1 aliphatic rings. The highest BCUT2D eigenvalue weighted by Crippen LogP contribution is 2.28. The lowest BCUT2D eigenvalue weighted by atomic mass is 9.95. The number of anilines is 2. The first-order valence-electron chi connectivity index (χ1n) is 12.3. The van der Waals surface area contributed by atoms with Crippen LogP contribution < -0.4 is 5.32 Å². The Morgan fingerprint density at radius 2 is 1.78 bits per heavy atom. The Bertz CT molecular complexity index is 1700. The fraction of sp³-hybridized carbons (Fsp3) is 0.259. The van der Waals surface area contributed by atoms with E-state index in [0.717, 1.165) is 52.4 Å². The monoisotopic (exact) mass is 515 g/mol. The summed E-state index contributed by atoms with van der Waals surface area (Å²) in [7, 11) is -3.86. The van der Waals surface area contributed by atoms with E-state index in [1.54, 1.807) is 37.3 Å². The van der Waals surface area contributed by atoms with Crippen molar-refractivity contribution in [3.8, 4) is 0 Å². The number of hydrogen-bond acceptors (Lipinski definition) is 7. The maximum absolute atomic E-state index is 13.4. The molecule has 0 atom stereocenters. The van der Waals surface area contributed by atoms with Crippen LogP contribution >= 0.6 is 0 Å². The second kappa shape index (κ2) is 9.28. The number of benzene rings is 2. The number of rotatable bonds is 6. The normalized spacial score (nSPS) is 15.0. The highest BCUT2D eigenvalue weighted by atomic mass is 32.2. The SMILES string of the molecule is Cc1ccc(S(=O)(=O)n2nc(C)c3ccc(Nc4nc5cccc([CH]C6CCOCC6)n5n4)cc32)cc1. The summed E-state index contributed by atoms with van der Waals surface area (Å²) in [4.78, 5) is 4.82. The third-order valence-corrected chi connectivity index (χ3v) is 8.30. The van der Waals surface area contributed by atoms with Crippen LogP contribution in [0.5, 0.6) is 0 Å². The average molecular weight is 516 g/mol. The van der Waals surface area contributed by atoms with Gasteiger partial charge in [0, 0.05) is 36.4 Å². The van der Waals surface area contributed by atoms with Gasteiger partial charge in [0.15, 0.2) is 5.65 Å². The Hall–Kier alpha value is -3.76. The van der Waals surface area contributed by atoms with Crippen molar-refractivity contribution in [2.75, 3.05) is 18.5 Å². The lowest BCUT2D eigenvalue weighted by molar-refractivity contribution is 0.0753. The van der Waals surface area contributed by atoms with Crippen molar-refractivity contribution >= 4 is 38.2 Å². The van der Waals surface area contributed by atoms with Gasteiger partial charge in [-0.05, 0) is 75.1 Å². The molecule has 10 heteroatoms. The third-order valence-electron chi connectivity index (χ3n) is 6.70. The van der Waals surface area contributed by atoms with Gasteiger partial charge in [0.05, 0.1) is 16.1 Å². The van der Waals surface area contributed by atoms with Crippen molar-refractivity contribution < 1.29 is 13.2 Å². The Morgan fingerprint density at radius 1 is 1.00 bits per heavy atom. The molecule has 189 valence electrons. The van der Waals surface area contributed by atoms with Gasteiger partial charge in [-0.2, -0.15) is 22.6 Å². The van der Waals surface area contributed by atoms with E-state index in [-0.39, 0.29) is 4.90 Å². The lowest BCUT2D eigenvalue weighted by Crippen LogP contribution is -2.17. The molecule has 0 aliphatic carbocycles. The minimum absolute atomic E-state index is 0.191. The van der Waals surface area contributed by atoms with E-state index in [1.807, 2.05) is 41.8 Å². The van der Waals surface area contributed by atoms with Crippen molar-refractivity contribution in [3.63, 3.8) is 0 Å². The fourth-order valence-electron chi connectivity index (χ4n) is 4.67. The lowest BCUT2D eigenvalue weighted by Gasteiger charge is -2.21. The first-order valence-corrected chi connectivity index (χ1v) is 13.7. The minimum atomic E-state index is -3.86. The molecule has 1 aliphatic heterocycles. The Balaban J connectivity index is 1.33. The first kappa shape index (κ1) is 23.6. The van der Waals surface area contributed by atoms with E-state index in [1.165, 1.54) is 0 Å². The topological polar surface area (TPSA) is 103 Å². The van der Waals surface area contributed by atoms with Crippen LogP contribution in [0.1, 0.15) is 29.8 Å². The first-order chi connectivity index (χ1) is 17.9. The third kappa shape index (κ3) is 4.47. The quantitative estimate of drug-likeness (QED) is 0.351. The van der Waals surface area contributed by atoms with Crippen molar-refractivity contribution in [2.24, 2.45) is 5.92 Å². The fourth-order valence-corrected chi connectivity index (χ4v) is 5.99. The number of fused-ring (bicyclic) bond motifs is 2. The van der Waals surface area contributed by atoms with E-state index < -0.39 is 10.0 Å². The highest BCUT2D eigenvalue weighted by molar-refractivity contribution is 7.90. The van der Waals surface area contributed by atoms with Gasteiger partial charge in [0.2, 0.25) is 5.95 Å². The molecule has 0 spiro atoms. The summed E-state index contributed by atoms with van der Waals surface area (Å²) in [6.07, 6.45) is 4.22. The number of nitrogens with zero attached hydrogens (tertiary/aromatic N) is 5. The largest absolute Gasteiger partial charge is 0.381 e. The van der Waals surface area contributed by atoms with Gasteiger partial charge >= 0.3 is 0 Å². The average Bonchev–Trinajstić information content (AvgIpc) is 3.46. The molecule has 1 fully saturated rings. The van der Waals surface area contributed by atoms with Gasteiger partial charge < -0.3 is 10.1 Å².